The van der Waals surface area contributed by atoms with Crippen molar-refractivity contribution in [1.29, 1.82) is 0 Å². The van der Waals surface area contributed by atoms with Crippen molar-refractivity contribution in [2.24, 2.45) is 5.92 Å². The van der Waals surface area contributed by atoms with Gasteiger partial charge in [0.1, 0.15) is 6.29 Å². The third-order valence-corrected chi connectivity index (χ3v) is 5.35. The Morgan fingerprint density at radius 2 is 1.78 bits per heavy atom. The van der Waals surface area contributed by atoms with Crippen LogP contribution in [-0.4, -0.2) is 17.7 Å². The van der Waals surface area contributed by atoms with Crippen molar-refractivity contribution in [3.05, 3.63) is 46.2 Å². The van der Waals surface area contributed by atoms with Gasteiger partial charge in [-0.3, -0.25) is 4.79 Å². The number of aldehydes is 1. The lowest BCUT2D eigenvalue weighted by Crippen LogP contribution is -2.27. The van der Waals surface area contributed by atoms with E-state index >= 15 is 0 Å². The van der Waals surface area contributed by atoms with Crippen molar-refractivity contribution in [2.75, 3.05) is 6.54 Å². The lowest BCUT2D eigenvalue weighted by Gasteiger charge is -2.31. The summed E-state index contributed by atoms with van der Waals surface area (Å²) in [5, 5.41) is 0. The summed E-state index contributed by atoms with van der Waals surface area (Å²) in [5.41, 5.74) is -1.76. The van der Waals surface area contributed by atoms with Crippen LogP contribution in [0.2, 0.25) is 0 Å². The molecule has 1 aliphatic heterocycles. The zero-order valence-electron chi connectivity index (χ0n) is 14.6. The summed E-state index contributed by atoms with van der Waals surface area (Å²) in [7, 11) is 0. The van der Waals surface area contributed by atoms with Crippen molar-refractivity contribution in [3.63, 3.8) is 0 Å². The van der Waals surface area contributed by atoms with Crippen LogP contribution in [0.25, 0.3) is 0 Å². The monoisotopic (exact) mass is 391 g/mol. The zero-order chi connectivity index (χ0) is 20.0. The highest BCUT2D eigenvalue weighted by molar-refractivity contribution is 5.75. The topological polar surface area (TPSA) is 20.3 Å². The van der Waals surface area contributed by atoms with Gasteiger partial charge in [-0.05, 0) is 43.0 Å². The molecular formula is C19H19F6NO. The second kappa shape index (κ2) is 6.87. The van der Waals surface area contributed by atoms with E-state index in [1.807, 2.05) is 0 Å². The van der Waals surface area contributed by atoms with Crippen LogP contribution in [0.4, 0.5) is 26.3 Å². The Bertz CT molecular complexity index is 760. The molecule has 1 saturated carbocycles. The lowest BCUT2D eigenvalue weighted by atomic mass is 9.94. The highest BCUT2D eigenvalue weighted by Gasteiger charge is 2.41. The number of allylic oxidation sites excluding steroid dienone is 1. The van der Waals surface area contributed by atoms with Crippen LogP contribution in [0, 0.1) is 5.92 Å². The summed E-state index contributed by atoms with van der Waals surface area (Å²) >= 11 is 0. The van der Waals surface area contributed by atoms with Gasteiger partial charge in [0.25, 0.3) is 0 Å². The van der Waals surface area contributed by atoms with Crippen LogP contribution in [0.1, 0.15) is 55.3 Å². The van der Waals surface area contributed by atoms with Crippen LogP contribution in [-0.2, 0) is 17.1 Å². The summed E-state index contributed by atoms with van der Waals surface area (Å²) < 4.78 is 79.7. The molecule has 1 unspecified atom stereocenters. The van der Waals surface area contributed by atoms with Gasteiger partial charge in [0.15, 0.2) is 0 Å². The molecular weight excluding hydrogens is 372 g/mol. The minimum atomic E-state index is -4.78. The molecule has 1 atom stereocenters. The van der Waals surface area contributed by atoms with Crippen molar-refractivity contribution in [1.82, 2.24) is 4.90 Å². The number of rotatable bonds is 5. The maximum atomic E-state index is 13.5. The second-order valence-electron chi connectivity index (χ2n) is 7.17. The van der Waals surface area contributed by atoms with E-state index < -0.39 is 35.1 Å². The first-order valence-electron chi connectivity index (χ1n) is 8.72. The highest BCUT2D eigenvalue weighted by Crippen LogP contribution is 2.46. The van der Waals surface area contributed by atoms with Crippen LogP contribution >= 0.6 is 0 Å². The SMILES string of the molecule is CC1=C(C=O)CC(c2cc(C(F)(F)F)ccc2C(F)(F)F)N1CCC1CC1. The van der Waals surface area contributed by atoms with Crippen molar-refractivity contribution in [3.8, 4) is 0 Å². The first kappa shape index (κ1) is 19.8. The first-order valence-corrected chi connectivity index (χ1v) is 8.72. The molecule has 2 aliphatic rings. The van der Waals surface area contributed by atoms with E-state index in [9.17, 15) is 31.1 Å². The van der Waals surface area contributed by atoms with Crippen LogP contribution in [0.15, 0.2) is 29.5 Å². The van der Waals surface area contributed by atoms with Gasteiger partial charge in [0, 0.05) is 24.2 Å². The van der Waals surface area contributed by atoms with Gasteiger partial charge >= 0.3 is 12.4 Å². The number of alkyl halides is 6. The number of benzene rings is 1. The van der Waals surface area contributed by atoms with Gasteiger partial charge < -0.3 is 4.90 Å². The smallest absolute Gasteiger partial charge is 0.367 e. The molecule has 2 nitrogen and oxygen atoms in total. The molecule has 3 rings (SSSR count). The normalized spacial score (nSPS) is 21.1. The fraction of sp³-hybridized carbons (Fsp3) is 0.526. The largest absolute Gasteiger partial charge is 0.416 e. The van der Waals surface area contributed by atoms with Crippen LogP contribution < -0.4 is 0 Å². The van der Waals surface area contributed by atoms with Crippen molar-refractivity contribution < 1.29 is 31.1 Å². The summed E-state index contributed by atoms with van der Waals surface area (Å²) in [5.74, 6) is 0.502. The number of hydrogen-bond acceptors (Lipinski definition) is 2. The van der Waals surface area contributed by atoms with Gasteiger partial charge in [0.05, 0.1) is 17.2 Å². The van der Waals surface area contributed by atoms with E-state index in [2.05, 4.69) is 0 Å². The Morgan fingerprint density at radius 3 is 2.30 bits per heavy atom. The molecule has 0 N–H and O–H groups in total. The van der Waals surface area contributed by atoms with E-state index in [1.165, 1.54) is 0 Å². The fourth-order valence-electron chi connectivity index (χ4n) is 3.62. The minimum Gasteiger partial charge on any atom is -0.367 e. The molecule has 0 saturated heterocycles. The van der Waals surface area contributed by atoms with Gasteiger partial charge in [-0.15, -0.1) is 0 Å². The second-order valence-corrected chi connectivity index (χ2v) is 7.17. The third kappa shape index (κ3) is 4.14. The lowest BCUT2D eigenvalue weighted by molar-refractivity contribution is -0.142. The summed E-state index contributed by atoms with van der Waals surface area (Å²) in [6, 6.07) is 0.601. The number of carbonyl (C=O) groups is 1. The molecule has 0 amide bonds. The molecule has 1 aromatic rings. The predicted molar refractivity (Wildman–Crippen MR) is 86.6 cm³/mol. The average Bonchev–Trinajstić information content (AvgIpc) is 3.34. The number of carbonyl (C=O) groups excluding carboxylic acids is 1. The van der Waals surface area contributed by atoms with Gasteiger partial charge in [-0.25, -0.2) is 0 Å². The zero-order valence-corrected chi connectivity index (χ0v) is 14.6. The van der Waals surface area contributed by atoms with Crippen molar-refractivity contribution in [2.45, 2.75) is 51.0 Å². The Kier molecular flexibility index (Phi) is 5.03. The Balaban J connectivity index is 2.04. The molecule has 0 spiro atoms. The van der Waals surface area contributed by atoms with Gasteiger partial charge in [0.2, 0.25) is 0 Å². The van der Waals surface area contributed by atoms with Crippen molar-refractivity contribution >= 4 is 6.29 Å². The maximum absolute atomic E-state index is 13.5. The van der Waals surface area contributed by atoms with E-state index in [0.29, 0.717) is 48.2 Å². The van der Waals surface area contributed by atoms with Crippen LogP contribution in [0.3, 0.4) is 0 Å². The van der Waals surface area contributed by atoms with E-state index in [4.69, 9.17) is 0 Å². The number of hydrogen-bond donors (Lipinski definition) is 0. The first-order chi connectivity index (χ1) is 12.5. The molecule has 1 heterocycles. The molecule has 8 heteroatoms. The molecule has 1 aliphatic carbocycles. The fourth-order valence-corrected chi connectivity index (χ4v) is 3.62. The third-order valence-electron chi connectivity index (χ3n) is 5.35. The summed E-state index contributed by atoms with van der Waals surface area (Å²) in [4.78, 5) is 13.0. The molecule has 148 valence electrons. The van der Waals surface area contributed by atoms with Gasteiger partial charge in [-0.2, -0.15) is 26.3 Å². The molecule has 1 fully saturated rings. The Labute approximate surface area is 152 Å². The summed E-state index contributed by atoms with van der Waals surface area (Å²) in [6.45, 7) is 2.06. The molecule has 0 aromatic heterocycles. The number of nitrogens with zero attached hydrogens (tertiary/aromatic N) is 1. The van der Waals surface area contributed by atoms with E-state index in [-0.39, 0.29) is 6.42 Å². The average molecular weight is 391 g/mol. The standard InChI is InChI=1S/C19H19F6NO/c1-11-13(10-27)8-17(26(11)7-6-12-2-3-12)15-9-14(18(20,21)22)4-5-16(15)19(23,24)25/h4-5,9-10,12,17H,2-3,6-8H2,1H3. The Morgan fingerprint density at radius 1 is 1.11 bits per heavy atom. The quantitative estimate of drug-likeness (QED) is 0.471. The van der Waals surface area contributed by atoms with E-state index in [1.54, 1.807) is 11.8 Å². The number of halogens is 6. The summed E-state index contributed by atoms with van der Waals surface area (Å²) in [6.07, 6.45) is -6.10. The maximum Gasteiger partial charge on any atom is 0.416 e. The van der Waals surface area contributed by atoms with Crippen LogP contribution in [0.5, 0.6) is 0 Å². The Hall–Kier alpha value is -1.99. The predicted octanol–water partition coefficient (Wildman–Crippen LogP) is 5.74. The van der Waals surface area contributed by atoms with Gasteiger partial charge in [-0.1, -0.05) is 12.8 Å². The molecule has 0 bridgehead atoms. The molecule has 0 radical (unpaired) electrons. The highest BCUT2D eigenvalue weighted by atomic mass is 19.4. The molecule has 27 heavy (non-hydrogen) atoms. The van der Waals surface area contributed by atoms with E-state index in [0.717, 1.165) is 19.3 Å². The minimum absolute atomic E-state index is 0.0234. The molecule has 1 aromatic carbocycles.